The molecule has 18 heavy (non-hydrogen) atoms. The van der Waals surface area contributed by atoms with Gasteiger partial charge in [0.15, 0.2) is 5.16 Å². The Morgan fingerprint density at radius 2 is 2.11 bits per heavy atom. The number of carboxylic acids is 1. The van der Waals surface area contributed by atoms with Crippen molar-refractivity contribution in [3.05, 3.63) is 42.0 Å². The summed E-state index contributed by atoms with van der Waals surface area (Å²) in [5.74, 6) is -1.26. The second kappa shape index (κ2) is 5.63. The molecule has 2 aromatic rings. The number of nitrogens with zero attached hydrogens (tertiary/aromatic N) is 3. The van der Waals surface area contributed by atoms with Gasteiger partial charge in [0.2, 0.25) is 0 Å². The Labute approximate surface area is 107 Å². The van der Waals surface area contributed by atoms with E-state index in [1.807, 2.05) is 0 Å². The lowest BCUT2D eigenvalue weighted by atomic mass is 10.2. The molecule has 1 heterocycles. The molecular formula is C11H10FN3O2S. The van der Waals surface area contributed by atoms with Crippen LogP contribution in [0.25, 0.3) is 0 Å². The fourth-order valence-corrected chi connectivity index (χ4v) is 2.01. The van der Waals surface area contributed by atoms with Gasteiger partial charge in [0, 0.05) is 0 Å². The number of carbonyl (C=O) groups is 1. The van der Waals surface area contributed by atoms with Gasteiger partial charge in [-0.3, -0.25) is 4.79 Å². The maximum Gasteiger partial charge on any atom is 0.313 e. The molecule has 0 radical (unpaired) electrons. The van der Waals surface area contributed by atoms with Gasteiger partial charge in [-0.1, -0.05) is 23.9 Å². The van der Waals surface area contributed by atoms with E-state index in [1.54, 1.807) is 16.7 Å². The summed E-state index contributed by atoms with van der Waals surface area (Å²) in [5, 5.41) is 16.7. The minimum Gasteiger partial charge on any atom is -0.481 e. The van der Waals surface area contributed by atoms with Gasteiger partial charge in [0.05, 0.1) is 12.3 Å². The van der Waals surface area contributed by atoms with E-state index >= 15 is 0 Å². The molecule has 1 aromatic heterocycles. The van der Waals surface area contributed by atoms with Crippen LogP contribution in [0.3, 0.4) is 0 Å². The van der Waals surface area contributed by atoms with Gasteiger partial charge in [-0.2, -0.15) is 0 Å². The molecule has 7 heteroatoms. The van der Waals surface area contributed by atoms with Crippen LogP contribution in [-0.2, 0) is 11.3 Å². The average molecular weight is 267 g/mol. The van der Waals surface area contributed by atoms with Crippen LogP contribution >= 0.6 is 11.8 Å². The van der Waals surface area contributed by atoms with Crippen LogP contribution in [0.15, 0.2) is 35.7 Å². The summed E-state index contributed by atoms with van der Waals surface area (Å²) in [7, 11) is 0. The van der Waals surface area contributed by atoms with Crippen molar-refractivity contribution in [2.24, 2.45) is 0 Å². The molecule has 0 saturated carbocycles. The number of thioether (sulfide) groups is 1. The van der Waals surface area contributed by atoms with Gasteiger partial charge in [-0.25, -0.2) is 4.39 Å². The first-order chi connectivity index (χ1) is 8.65. The van der Waals surface area contributed by atoms with Crippen molar-refractivity contribution >= 4 is 17.7 Å². The molecule has 0 amide bonds. The summed E-state index contributed by atoms with van der Waals surface area (Å²) >= 11 is 1.10. The highest BCUT2D eigenvalue weighted by molar-refractivity contribution is 7.99. The maximum absolute atomic E-state index is 12.8. The van der Waals surface area contributed by atoms with E-state index in [4.69, 9.17) is 5.11 Å². The van der Waals surface area contributed by atoms with Gasteiger partial charge in [-0.05, 0) is 17.7 Å². The molecule has 0 aliphatic heterocycles. The molecular weight excluding hydrogens is 257 g/mol. The lowest BCUT2D eigenvalue weighted by Crippen LogP contribution is -2.03. The van der Waals surface area contributed by atoms with Crippen LogP contribution in [0, 0.1) is 5.82 Å². The first kappa shape index (κ1) is 12.6. The molecule has 0 fully saturated rings. The Bertz CT molecular complexity index is 541. The van der Waals surface area contributed by atoms with Crippen LogP contribution in [0.2, 0.25) is 0 Å². The summed E-state index contributed by atoms with van der Waals surface area (Å²) in [6.07, 6.45) is 1.52. The zero-order chi connectivity index (χ0) is 13.0. The molecule has 5 nitrogen and oxygen atoms in total. The van der Waals surface area contributed by atoms with Crippen molar-refractivity contribution in [3.8, 4) is 0 Å². The van der Waals surface area contributed by atoms with Crippen LogP contribution < -0.4 is 0 Å². The highest BCUT2D eigenvalue weighted by atomic mass is 32.2. The smallest absolute Gasteiger partial charge is 0.313 e. The Hall–Kier alpha value is -1.89. The fraction of sp³-hybridized carbons (Fsp3) is 0.182. The zero-order valence-corrected chi connectivity index (χ0v) is 10.1. The van der Waals surface area contributed by atoms with E-state index in [2.05, 4.69) is 10.2 Å². The molecule has 0 unspecified atom stereocenters. The number of rotatable bonds is 5. The van der Waals surface area contributed by atoms with Gasteiger partial charge in [0.1, 0.15) is 12.1 Å². The number of aromatic nitrogens is 3. The highest BCUT2D eigenvalue weighted by Gasteiger charge is 2.08. The molecule has 2 rings (SSSR count). The third-order valence-electron chi connectivity index (χ3n) is 2.17. The quantitative estimate of drug-likeness (QED) is 0.834. The SMILES string of the molecule is O=C(O)CSc1nncn1Cc1ccc(F)cc1. The second-order valence-corrected chi connectivity index (χ2v) is 4.49. The molecule has 1 N–H and O–H groups in total. The minimum absolute atomic E-state index is 0.0674. The van der Waals surface area contributed by atoms with E-state index in [0.717, 1.165) is 17.3 Å². The standard InChI is InChI=1S/C11H10FN3O2S/c12-9-3-1-8(2-4-9)5-15-7-13-14-11(15)18-6-10(16)17/h1-4,7H,5-6H2,(H,16,17). The maximum atomic E-state index is 12.8. The third kappa shape index (κ3) is 3.30. The normalized spacial score (nSPS) is 10.5. The van der Waals surface area contributed by atoms with Crippen LogP contribution in [0.1, 0.15) is 5.56 Å². The van der Waals surface area contributed by atoms with Gasteiger partial charge < -0.3 is 9.67 Å². The summed E-state index contributed by atoms with van der Waals surface area (Å²) < 4.78 is 14.5. The fourth-order valence-electron chi connectivity index (χ4n) is 1.38. The summed E-state index contributed by atoms with van der Waals surface area (Å²) in [5.41, 5.74) is 0.897. The van der Waals surface area contributed by atoms with E-state index in [0.29, 0.717) is 11.7 Å². The number of benzene rings is 1. The molecule has 0 atom stereocenters. The number of halogens is 1. The largest absolute Gasteiger partial charge is 0.481 e. The summed E-state index contributed by atoms with van der Waals surface area (Å²) in [6.45, 7) is 0.481. The van der Waals surface area contributed by atoms with Crippen LogP contribution in [-0.4, -0.2) is 31.6 Å². The van der Waals surface area contributed by atoms with E-state index in [1.165, 1.54) is 18.5 Å². The number of aliphatic carboxylic acids is 1. The third-order valence-corrected chi connectivity index (χ3v) is 3.14. The monoisotopic (exact) mass is 267 g/mol. The van der Waals surface area contributed by atoms with Gasteiger partial charge >= 0.3 is 5.97 Å². The van der Waals surface area contributed by atoms with Gasteiger partial charge in [0.25, 0.3) is 0 Å². The predicted molar refractivity (Wildman–Crippen MR) is 63.9 cm³/mol. The molecule has 0 aliphatic carbocycles. The Morgan fingerprint density at radius 3 is 2.78 bits per heavy atom. The lowest BCUT2D eigenvalue weighted by Gasteiger charge is -2.05. The van der Waals surface area contributed by atoms with Crippen molar-refractivity contribution in [2.75, 3.05) is 5.75 Å². The van der Waals surface area contributed by atoms with E-state index in [9.17, 15) is 9.18 Å². The first-order valence-electron chi connectivity index (χ1n) is 5.12. The Balaban J connectivity index is 2.07. The molecule has 1 aromatic carbocycles. The summed E-state index contributed by atoms with van der Waals surface area (Å²) in [4.78, 5) is 10.5. The Morgan fingerprint density at radius 1 is 1.39 bits per heavy atom. The number of hydrogen-bond donors (Lipinski definition) is 1. The van der Waals surface area contributed by atoms with Crippen molar-refractivity contribution in [1.29, 1.82) is 0 Å². The molecule has 94 valence electrons. The topological polar surface area (TPSA) is 68.0 Å². The van der Waals surface area contributed by atoms with Crippen LogP contribution in [0.4, 0.5) is 4.39 Å². The molecule has 0 spiro atoms. The van der Waals surface area contributed by atoms with Crippen LogP contribution in [0.5, 0.6) is 0 Å². The second-order valence-electron chi connectivity index (χ2n) is 3.55. The van der Waals surface area contributed by atoms with E-state index < -0.39 is 5.97 Å². The number of carboxylic acid groups (broad SMARTS) is 1. The van der Waals surface area contributed by atoms with Gasteiger partial charge in [-0.15, -0.1) is 10.2 Å². The minimum atomic E-state index is -0.906. The molecule has 0 aliphatic rings. The lowest BCUT2D eigenvalue weighted by molar-refractivity contribution is -0.133. The zero-order valence-electron chi connectivity index (χ0n) is 9.28. The molecule has 0 bridgehead atoms. The first-order valence-corrected chi connectivity index (χ1v) is 6.10. The van der Waals surface area contributed by atoms with Crippen molar-refractivity contribution in [2.45, 2.75) is 11.7 Å². The van der Waals surface area contributed by atoms with Crippen molar-refractivity contribution in [1.82, 2.24) is 14.8 Å². The number of hydrogen-bond acceptors (Lipinski definition) is 4. The van der Waals surface area contributed by atoms with E-state index in [-0.39, 0.29) is 11.6 Å². The Kier molecular flexibility index (Phi) is 3.93. The average Bonchev–Trinajstić information content (AvgIpc) is 2.77. The predicted octanol–water partition coefficient (Wildman–Crippen LogP) is 1.64. The highest BCUT2D eigenvalue weighted by Crippen LogP contribution is 2.16. The van der Waals surface area contributed by atoms with Crippen molar-refractivity contribution in [3.63, 3.8) is 0 Å². The molecule has 0 saturated heterocycles. The summed E-state index contributed by atoms with van der Waals surface area (Å²) in [6, 6.07) is 6.09. The van der Waals surface area contributed by atoms with Crippen molar-refractivity contribution < 1.29 is 14.3 Å².